The summed E-state index contributed by atoms with van der Waals surface area (Å²) in [7, 11) is 1.69. The molecule has 0 heterocycles. The lowest BCUT2D eigenvalue weighted by Gasteiger charge is -2.14. The summed E-state index contributed by atoms with van der Waals surface area (Å²) in [5, 5.41) is 0. The third-order valence-electron chi connectivity index (χ3n) is 3.23. The maximum absolute atomic E-state index is 5.80. The summed E-state index contributed by atoms with van der Waals surface area (Å²) in [6, 6.07) is 16.6. The van der Waals surface area contributed by atoms with Crippen LogP contribution in [0.25, 0.3) is 0 Å². The molecule has 0 spiro atoms. The van der Waals surface area contributed by atoms with Gasteiger partial charge in [0, 0.05) is 11.8 Å². The van der Waals surface area contributed by atoms with Gasteiger partial charge in [0.15, 0.2) is 0 Å². The third kappa shape index (κ3) is 2.85. The zero-order valence-corrected chi connectivity index (χ0v) is 11.4. The highest BCUT2D eigenvalue weighted by molar-refractivity contribution is 6.17. The molecule has 0 bridgehead atoms. The van der Waals surface area contributed by atoms with Crippen molar-refractivity contribution in [3.63, 3.8) is 0 Å². The van der Waals surface area contributed by atoms with Crippen molar-refractivity contribution in [2.75, 3.05) is 7.11 Å². The Morgan fingerprint density at radius 1 is 1.06 bits per heavy atom. The molecular weight excluding hydrogens is 244 g/mol. The minimum atomic E-state index is 0.351. The maximum atomic E-state index is 5.80. The van der Waals surface area contributed by atoms with Gasteiger partial charge in [-0.05, 0) is 28.8 Å². The average Bonchev–Trinajstić information content (AvgIpc) is 2.46. The second-order valence-electron chi connectivity index (χ2n) is 4.37. The van der Waals surface area contributed by atoms with Crippen molar-refractivity contribution in [2.24, 2.45) is 0 Å². The first-order valence-corrected chi connectivity index (χ1v) is 6.57. The Hall–Kier alpha value is -1.47. The van der Waals surface area contributed by atoms with Crippen LogP contribution in [-0.2, 0) is 5.88 Å². The van der Waals surface area contributed by atoms with Gasteiger partial charge in [0.25, 0.3) is 0 Å². The molecular formula is C16H17ClO. The normalized spacial score (nSPS) is 12.2. The highest BCUT2D eigenvalue weighted by Gasteiger charge is 2.09. The molecule has 2 rings (SSSR count). The van der Waals surface area contributed by atoms with E-state index < -0.39 is 0 Å². The Bertz CT molecular complexity index is 505. The molecule has 2 heteroatoms. The quantitative estimate of drug-likeness (QED) is 0.731. The van der Waals surface area contributed by atoms with Crippen molar-refractivity contribution in [3.05, 3.63) is 65.2 Å². The van der Waals surface area contributed by atoms with Gasteiger partial charge < -0.3 is 4.74 Å². The van der Waals surface area contributed by atoms with Crippen molar-refractivity contribution in [1.29, 1.82) is 0 Å². The molecule has 1 atom stereocenters. The minimum absolute atomic E-state index is 0.351. The molecule has 1 nitrogen and oxygen atoms in total. The third-order valence-corrected chi connectivity index (χ3v) is 3.54. The van der Waals surface area contributed by atoms with Crippen LogP contribution in [0.3, 0.4) is 0 Å². The van der Waals surface area contributed by atoms with Crippen LogP contribution < -0.4 is 4.74 Å². The Morgan fingerprint density at radius 3 is 2.39 bits per heavy atom. The lowest BCUT2D eigenvalue weighted by Crippen LogP contribution is -1.97. The summed E-state index contributed by atoms with van der Waals surface area (Å²) in [5.74, 6) is 1.81. The van der Waals surface area contributed by atoms with Crippen LogP contribution in [0, 0.1) is 0 Å². The second-order valence-corrected chi connectivity index (χ2v) is 4.64. The lowest BCUT2D eigenvalue weighted by atomic mass is 9.92. The van der Waals surface area contributed by atoms with E-state index in [0.717, 1.165) is 11.3 Å². The molecule has 0 aliphatic rings. The molecule has 0 N–H and O–H groups in total. The van der Waals surface area contributed by atoms with Gasteiger partial charge in [0.2, 0.25) is 0 Å². The number of ether oxygens (including phenoxy) is 1. The van der Waals surface area contributed by atoms with Gasteiger partial charge in [0.05, 0.1) is 7.11 Å². The first kappa shape index (κ1) is 13.0. The molecule has 0 aliphatic heterocycles. The maximum Gasteiger partial charge on any atom is 0.119 e. The fourth-order valence-electron chi connectivity index (χ4n) is 2.00. The van der Waals surface area contributed by atoms with Crippen molar-refractivity contribution in [1.82, 2.24) is 0 Å². The molecule has 0 amide bonds. The van der Waals surface area contributed by atoms with E-state index in [2.05, 4.69) is 43.3 Å². The first-order valence-electron chi connectivity index (χ1n) is 6.03. The number of halogens is 1. The number of hydrogen-bond acceptors (Lipinski definition) is 1. The molecule has 18 heavy (non-hydrogen) atoms. The zero-order chi connectivity index (χ0) is 13.0. The predicted molar refractivity (Wildman–Crippen MR) is 76.5 cm³/mol. The van der Waals surface area contributed by atoms with Crippen molar-refractivity contribution >= 4 is 11.6 Å². The number of benzene rings is 2. The lowest BCUT2D eigenvalue weighted by molar-refractivity contribution is 0.414. The summed E-state index contributed by atoms with van der Waals surface area (Å²) in [5.41, 5.74) is 3.70. The summed E-state index contributed by atoms with van der Waals surface area (Å²) in [4.78, 5) is 0. The molecule has 2 aromatic rings. The van der Waals surface area contributed by atoms with Crippen molar-refractivity contribution < 1.29 is 4.74 Å². The predicted octanol–water partition coefficient (Wildman–Crippen LogP) is 4.59. The largest absolute Gasteiger partial charge is 0.497 e. The van der Waals surface area contributed by atoms with Gasteiger partial charge >= 0.3 is 0 Å². The van der Waals surface area contributed by atoms with Gasteiger partial charge in [-0.2, -0.15) is 0 Å². The summed E-state index contributed by atoms with van der Waals surface area (Å²) >= 11 is 5.80. The summed E-state index contributed by atoms with van der Waals surface area (Å²) < 4.78 is 5.26. The van der Waals surface area contributed by atoms with Gasteiger partial charge in [-0.25, -0.2) is 0 Å². The second kappa shape index (κ2) is 5.92. The van der Waals surface area contributed by atoms with Gasteiger partial charge in [-0.15, -0.1) is 11.6 Å². The van der Waals surface area contributed by atoms with E-state index >= 15 is 0 Å². The van der Waals surface area contributed by atoms with Crippen molar-refractivity contribution in [2.45, 2.75) is 18.7 Å². The van der Waals surface area contributed by atoms with Crippen LogP contribution in [0.2, 0.25) is 0 Å². The monoisotopic (exact) mass is 260 g/mol. The molecule has 1 unspecified atom stereocenters. The Morgan fingerprint density at radius 2 is 1.78 bits per heavy atom. The van der Waals surface area contributed by atoms with E-state index in [-0.39, 0.29) is 0 Å². The van der Waals surface area contributed by atoms with E-state index in [4.69, 9.17) is 16.3 Å². The van der Waals surface area contributed by atoms with E-state index in [1.54, 1.807) is 7.11 Å². The fourth-order valence-corrected chi connectivity index (χ4v) is 2.18. The highest BCUT2D eigenvalue weighted by Crippen LogP contribution is 2.27. The molecule has 0 saturated heterocycles. The van der Waals surface area contributed by atoms with Gasteiger partial charge in [0.1, 0.15) is 5.75 Å². The zero-order valence-electron chi connectivity index (χ0n) is 10.7. The first-order chi connectivity index (χ1) is 8.74. The van der Waals surface area contributed by atoms with Crippen LogP contribution in [0.15, 0.2) is 48.5 Å². The van der Waals surface area contributed by atoms with Crippen molar-refractivity contribution in [3.8, 4) is 5.75 Å². The standard InChI is InChI=1S/C16H17ClO/c1-12(14-8-6-13(11-17)7-9-14)15-4-3-5-16(10-15)18-2/h3-10,12H,11H2,1-2H3. The Labute approximate surface area is 113 Å². The van der Waals surface area contributed by atoms with Gasteiger partial charge in [-0.1, -0.05) is 43.3 Å². The smallest absolute Gasteiger partial charge is 0.119 e. The highest BCUT2D eigenvalue weighted by atomic mass is 35.5. The molecule has 0 fully saturated rings. The molecule has 0 aromatic heterocycles. The number of hydrogen-bond donors (Lipinski definition) is 0. The number of methoxy groups -OCH3 is 1. The van der Waals surface area contributed by atoms with Crippen LogP contribution in [0.4, 0.5) is 0 Å². The van der Waals surface area contributed by atoms with Crippen LogP contribution in [-0.4, -0.2) is 7.11 Å². The molecule has 2 aromatic carbocycles. The molecule has 94 valence electrons. The van der Waals surface area contributed by atoms with E-state index in [0.29, 0.717) is 11.8 Å². The number of alkyl halides is 1. The average molecular weight is 261 g/mol. The van der Waals surface area contributed by atoms with E-state index in [1.165, 1.54) is 11.1 Å². The number of rotatable bonds is 4. The Balaban J connectivity index is 2.25. The molecule has 0 radical (unpaired) electrons. The summed E-state index contributed by atoms with van der Waals surface area (Å²) in [6.45, 7) is 2.20. The Kier molecular flexibility index (Phi) is 4.27. The van der Waals surface area contributed by atoms with E-state index in [9.17, 15) is 0 Å². The SMILES string of the molecule is COc1cccc(C(C)c2ccc(CCl)cc2)c1. The van der Waals surface area contributed by atoms with Gasteiger partial charge in [-0.3, -0.25) is 0 Å². The van der Waals surface area contributed by atoms with Crippen LogP contribution in [0.5, 0.6) is 5.75 Å². The van der Waals surface area contributed by atoms with Crippen LogP contribution in [0.1, 0.15) is 29.5 Å². The minimum Gasteiger partial charge on any atom is -0.497 e. The van der Waals surface area contributed by atoms with E-state index in [1.807, 2.05) is 12.1 Å². The topological polar surface area (TPSA) is 9.23 Å². The molecule has 0 aliphatic carbocycles. The van der Waals surface area contributed by atoms with Crippen LogP contribution >= 0.6 is 11.6 Å². The summed E-state index contributed by atoms with van der Waals surface area (Å²) in [6.07, 6.45) is 0. The molecule has 0 saturated carbocycles. The fraction of sp³-hybridized carbons (Fsp3) is 0.250.